The van der Waals surface area contributed by atoms with Gasteiger partial charge in [0.2, 0.25) is 6.41 Å². The van der Waals surface area contributed by atoms with Crippen LogP contribution >= 0.6 is 0 Å². The quantitative estimate of drug-likeness (QED) is 0.545. The van der Waals surface area contributed by atoms with E-state index in [-0.39, 0.29) is 23.3 Å². The summed E-state index contributed by atoms with van der Waals surface area (Å²) in [7, 11) is 1.72. The number of carbonyl (C=O) groups is 3. The van der Waals surface area contributed by atoms with Crippen molar-refractivity contribution in [3.8, 4) is 0 Å². The standard InChI is InChI=1S/C10H21NO2.C7H9NO2/c1-8(2)9(13-5)10(3,4)6-11-7-12;1-2-5-8-6(9)3-4-7(8)10/h7-9H,6H2,1-5H3,(H,11,12);3-4H,2,5H2,1H3. The second-order valence-corrected chi connectivity index (χ2v) is 6.55. The molecule has 0 aromatic rings. The fraction of sp³-hybridized carbons (Fsp3) is 0.706. The Hall–Kier alpha value is -1.69. The van der Waals surface area contributed by atoms with Gasteiger partial charge in [-0.15, -0.1) is 0 Å². The highest BCUT2D eigenvalue weighted by molar-refractivity contribution is 6.12. The maximum absolute atomic E-state index is 10.8. The van der Waals surface area contributed by atoms with Crippen molar-refractivity contribution in [2.45, 2.75) is 47.1 Å². The molecule has 6 nitrogen and oxygen atoms in total. The Balaban J connectivity index is 0.000000433. The molecule has 1 rings (SSSR count). The number of nitrogens with one attached hydrogen (secondary N) is 1. The number of nitrogens with zero attached hydrogens (tertiary/aromatic N) is 1. The van der Waals surface area contributed by atoms with Gasteiger partial charge >= 0.3 is 0 Å². The first-order valence-corrected chi connectivity index (χ1v) is 7.94. The molecule has 0 saturated carbocycles. The second-order valence-electron chi connectivity index (χ2n) is 6.55. The molecule has 1 heterocycles. The highest BCUT2D eigenvalue weighted by Gasteiger charge is 2.31. The van der Waals surface area contributed by atoms with Gasteiger partial charge in [-0.3, -0.25) is 19.3 Å². The van der Waals surface area contributed by atoms with Crippen molar-refractivity contribution in [1.29, 1.82) is 0 Å². The zero-order chi connectivity index (χ0) is 18.0. The van der Waals surface area contributed by atoms with Crippen LogP contribution in [-0.4, -0.2) is 49.4 Å². The molecule has 0 aromatic carbocycles. The predicted molar refractivity (Wildman–Crippen MR) is 89.6 cm³/mol. The normalized spacial score (nSPS) is 15.5. The average Bonchev–Trinajstić information content (AvgIpc) is 2.78. The molecule has 1 aliphatic heterocycles. The minimum Gasteiger partial charge on any atom is -0.381 e. The van der Waals surface area contributed by atoms with Crippen LogP contribution in [-0.2, 0) is 19.1 Å². The molecular formula is C17H30N2O4. The van der Waals surface area contributed by atoms with Crippen LogP contribution in [0.4, 0.5) is 0 Å². The van der Waals surface area contributed by atoms with Gasteiger partial charge < -0.3 is 10.1 Å². The predicted octanol–water partition coefficient (Wildman–Crippen LogP) is 1.75. The lowest BCUT2D eigenvalue weighted by atomic mass is 9.80. The molecule has 1 atom stereocenters. The smallest absolute Gasteiger partial charge is 0.253 e. The number of methoxy groups -OCH3 is 1. The van der Waals surface area contributed by atoms with Gasteiger partial charge in [0, 0.05) is 37.8 Å². The minimum absolute atomic E-state index is 0.0240. The van der Waals surface area contributed by atoms with Gasteiger partial charge in [0.15, 0.2) is 0 Å². The van der Waals surface area contributed by atoms with Gasteiger partial charge in [-0.1, -0.05) is 34.6 Å². The molecule has 0 bridgehead atoms. The number of ether oxygens (including phenoxy) is 1. The summed E-state index contributed by atoms with van der Waals surface area (Å²) >= 11 is 0. The lowest BCUT2D eigenvalue weighted by Crippen LogP contribution is -2.42. The van der Waals surface area contributed by atoms with Crippen molar-refractivity contribution >= 4 is 18.2 Å². The zero-order valence-electron chi connectivity index (χ0n) is 15.1. The molecule has 6 heteroatoms. The number of carbonyl (C=O) groups excluding carboxylic acids is 3. The van der Waals surface area contributed by atoms with Crippen molar-refractivity contribution in [2.24, 2.45) is 11.3 Å². The van der Waals surface area contributed by atoms with Crippen molar-refractivity contribution in [3.63, 3.8) is 0 Å². The van der Waals surface area contributed by atoms with Gasteiger partial charge in [0.25, 0.3) is 11.8 Å². The van der Waals surface area contributed by atoms with E-state index >= 15 is 0 Å². The Morgan fingerprint density at radius 3 is 2.13 bits per heavy atom. The molecule has 0 radical (unpaired) electrons. The Morgan fingerprint density at radius 1 is 1.26 bits per heavy atom. The number of rotatable bonds is 8. The fourth-order valence-electron chi connectivity index (χ4n) is 2.77. The third-order valence-electron chi connectivity index (χ3n) is 3.62. The van der Waals surface area contributed by atoms with Crippen molar-refractivity contribution in [1.82, 2.24) is 10.2 Å². The molecule has 0 fully saturated rings. The summed E-state index contributed by atoms with van der Waals surface area (Å²) in [6.45, 7) is 11.5. The van der Waals surface area contributed by atoms with E-state index in [1.807, 2.05) is 6.92 Å². The molecule has 23 heavy (non-hydrogen) atoms. The molecule has 0 aliphatic carbocycles. The molecule has 0 saturated heterocycles. The maximum atomic E-state index is 10.8. The minimum atomic E-state index is -0.188. The van der Waals surface area contributed by atoms with Gasteiger partial charge in [-0.05, 0) is 12.3 Å². The van der Waals surface area contributed by atoms with Gasteiger partial charge in [0.05, 0.1) is 6.10 Å². The summed E-state index contributed by atoms with van der Waals surface area (Å²) in [5.41, 5.74) is -0.0240. The van der Waals surface area contributed by atoms with E-state index in [1.165, 1.54) is 17.1 Å². The van der Waals surface area contributed by atoms with Crippen LogP contribution in [0.3, 0.4) is 0 Å². The summed E-state index contributed by atoms with van der Waals surface area (Å²) in [4.78, 5) is 33.0. The molecule has 1 N–H and O–H groups in total. The Morgan fingerprint density at radius 2 is 1.78 bits per heavy atom. The number of amides is 3. The van der Waals surface area contributed by atoms with E-state index in [0.29, 0.717) is 19.0 Å². The lowest BCUT2D eigenvalue weighted by molar-refractivity contribution is -0.136. The average molecular weight is 326 g/mol. The summed E-state index contributed by atoms with van der Waals surface area (Å²) in [5, 5.41) is 2.70. The molecule has 0 aromatic heterocycles. The van der Waals surface area contributed by atoms with Crippen LogP contribution in [0.25, 0.3) is 0 Å². The molecular weight excluding hydrogens is 296 g/mol. The summed E-state index contributed by atoms with van der Waals surface area (Å²) in [6.07, 6.45) is 4.32. The monoisotopic (exact) mass is 326 g/mol. The highest BCUT2D eigenvalue weighted by atomic mass is 16.5. The van der Waals surface area contributed by atoms with E-state index in [1.54, 1.807) is 7.11 Å². The Labute approximate surface area is 139 Å². The van der Waals surface area contributed by atoms with Gasteiger partial charge in [-0.25, -0.2) is 0 Å². The topological polar surface area (TPSA) is 75.7 Å². The number of imide groups is 1. The van der Waals surface area contributed by atoms with E-state index in [0.717, 1.165) is 12.8 Å². The van der Waals surface area contributed by atoms with Crippen LogP contribution in [0.2, 0.25) is 0 Å². The van der Waals surface area contributed by atoms with Gasteiger partial charge in [-0.2, -0.15) is 0 Å². The second kappa shape index (κ2) is 10.2. The van der Waals surface area contributed by atoms with Crippen molar-refractivity contribution < 1.29 is 19.1 Å². The molecule has 1 aliphatic rings. The molecule has 0 spiro atoms. The van der Waals surface area contributed by atoms with Crippen molar-refractivity contribution in [2.75, 3.05) is 20.2 Å². The summed E-state index contributed by atoms with van der Waals surface area (Å²) in [5.74, 6) is 0.0761. The zero-order valence-corrected chi connectivity index (χ0v) is 15.1. The molecule has 3 amide bonds. The third-order valence-corrected chi connectivity index (χ3v) is 3.62. The highest BCUT2D eigenvalue weighted by Crippen LogP contribution is 2.27. The van der Waals surface area contributed by atoms with E-state index < -0.39 is 0 Å². The van der Waals surface area contributed by atoms with E-state index in [4.69, 9.17) is 4.74 Å². The van der Waals surface area contributed by atoms with Crippen LogP contribution < -0.4 is 5.32 Å². The SMILES string of the molecule is CCCN1C(=O)C=CC1=O.COC(C(C)C)C(C)(C)CNC=O. The first-order chi connectivity index (χ1) is 10.7. The van der Waals surface area contributed by atoms with Crippen LogP contribution in [0, 0.1) is 11.3 Å². The van der Waals surface area contributed by atoms with Crippen LogP contribution in [0.1, 0.15) is 41.0 Å². The van der Waals surface area contributed by atoms with Gasteiger partial charge in [0.1, 0.15) is 0 Å². The first kappa shape index (κ1) is 21.3. The Kier molecular flexibility index (Phi) is 9.41. The van der Waals surface area contributed by atoms with Crippen LogP contribution in [0.15, 0.2) is 12.2 Å². The molecule has 1 unspecified atom stereocenters. The first-order valence-electron chi connectivity index (χ1n) is 7.94. The number of hydrogen-bond acceptors (Lipinski definition) is 4. The van der Waals surface area contributed by atoms with Crippen molar-refractivity contribution in [3.05, 3.63) is 12.2 Å². The largest absolute Gasteiger partial charge is 0.381 e. The summed E-state index contributed by atoms with van der Waals surface area (Å²) in [6, 6.07) is 0. The fourth-order valence-corrected chi connectivity index (χ4v) is 2.77. The van der Waals surface area contributed by atoms with E-state index in [9.17, 15) is 14.4 Å². The van der Waals surface area contributed by atoms with E-state index in [2.05, 4.69) is 33.0 Å². The summed E-state index contributed by atoms with van der Waals surface area (Å²) < 4.78 is 5.42. The number of hydrogen-bond donors (Lipinski definition) is 1. The maximum Gasteiger partial charge on any atom is 0.253 e. The lowest BCUT2D eigenvalue weighted by Gasteiger charge is -2.35. The molecule has 132 valence electrons. The van der Waals surface area contributed by atoms with Crippen LogP contribution in [0.5, 0.6) is 0 Å². The third kappa shape index (κ3) is 6.95. The Bertz CT molecular complexity index is 412.